The lowest BCUT2D eigenvalue weighted by Crippen LogP contribution is -2.43. The Hall–Kier alpha value is -2.62. The molecule has 1 unspecified atom stereocenters. The van der Waals surface area contributed by atoms with Crippen molar-refractivity contribution in [3.8, 4) is 0 Å². The maximum Gasteiger partial charge on any atom is 0.254 e. The van der Waals surface area contributed by atoms with E-state index in [2.05, 4.69) is 24.4 Å². The first-order chi connectivity index (χ1) is 13.0. The van der Waals surface area contributed by atoms with Crippen LogP contribution in [0, 0.1) is 19.8 Å². The summed E-state index contributed by atoms with van der Waals surface area (Å²) in [5.74, 6) is 0.131. The van der Waals surface area contributed by atoms with Gasteiger partial charge in [0.1, 0.15) is 0 Å². The number of likely N-dealkylation sites (tertiary alicyclic amines) is 1. The van der Waals surface area contributed by atoms with Gasteiger partial charge in [0.05, 0.1) is 6.04 Å². The highest BCUT2D eigenvalue weighted by molar-refractivity contribution is 5.95. The van der Waals surface area contributed by atoms with Gasteiger partial charge in [-0.3, -0.25) is 9.59 Å². The minimum atomic E-state index is -0.0302. The summed E-state index contributed by atoms with van der Waals surface area (Å²) in [5.41, 5.74) is 4.09. The first kappa shape index (κ1) is 19.2. The molecular formula is C23H28N2O2. The fraction of sp³-hybridized carbons (Fsp3) is 0.391. The molecule has 0 aromatic heterocycles. The van der Waals surface area contributed by atoms with Crippen LogP contribution in [0.1, 0.15) is 52.9 Å². The molecule has 1 atom stereocenters. The Kier molecular flexibility index (Phi) is 5.94. The quantitative estimate of drug-likeness (QED) is 0.890. The van der Waals surface area contributed by atoms with Gasteiger partial charge in [0, 0.05) is 24.6 Å². The van der Waals surface area contributed by atoms with Crippen LogP contribution in [0.2, 0.25) is 0 Å². The molecule has 0 saturated carbocycles. The molecule has 0 radical (unpaired) electrons. The van der Waals surface area contributed by atoms with Crippen LogP contribution in [0.25, 0.3) is 0 Å². The Balaban J connectivity index is 1.56. The number of amides is 2. The Labute approximate surface area is 161 Å². The first-order valence-electron chi connectivity index (χ1n) is 9.68. The van der Waals surface area contributed by atoms with Gasteiger partial charge >= 0.3 is 0 Å². The van der Waals surface area contributed by atoms with Crippen molar-refractivity contribution in [2.45, 2.75) is 39.7 Å². The number of nitrogens with one attached hydrogen (secondary N) is 1. The van der Waals surface area contributed by atoms with Crippen molar-refractivity contribution in [3.05, 3.63) is 70.8 Å². The number of rotatable bonds is 4. The maximum absolute atomic E-state index is 12.7. The van der Waals surface area contributed by atoms with E-state index in [1.165, 1.54) is 5.56 Å². The molecule has 4 nitrogen and oxygen atoms in total. The van der Waals surface area contributed by atoms with E-state index >= 15 is 0 Å². The van der Waals surface area contributed by atoms with Crippen molar-refractivity contribution >= 4 is 11.8 Å². The summed E-state index contributed by atoms with van der Waals surface area (Å²) in [7, 11) is 0. The van der Waals surface area contributed by atoms with Crippen LogP contribution in [-0.4, -0.2) is 29.8 Å². The van der Waals surface area contributed by atoms with Gasteiger partial charge in [-0.15, -0.1) is 0 Å². The van der Waals surface area contributed by atoms with E-state index in [1.807, 2.05) is 55.1 Å². The smallest absolute Gasteiger partial charge is 0.254 e. The highest BCUT2D eigenvalue weighted by Crippen LogP contribution is 2.23. The fourth-order valence-corrected chi connectivity index (χ4v) is 3.81. The van der Waals surface area contributed by atoms with E-state index in [9.17, 15) is 9.59 Å². The summed E-state index contributed by atoms with van der Waals surface area (Å²) >= 11 is 0. The number of carbonyl (C=O) groups excluding carboxylic acids is 2. The molecule has 1 N–H and O–H groups in total. The third-order valence-corrected chi connectivity index (χ3v) is 5.54. The number of hydrogen-bond donors (Lipinski definition) is 1. The lowest BCUT2D eigenvalue weighted by molar-refractivity contribution is -0.127. The van der Waals surface area contributed by atoms with Gasteiger partial charge in [-0.2, -0.15) is 0 Å². The van der Waals surface area contributed by atoms with E-state index in [0.717, 1.165) is 16.7 Å². The monoisotopic (exact) mass is 364 g/mol. The van der Waals surface area contributed by atoms with E-state index < -0.39 is 0 Å². The summed E-state index contributed by atoms with van der Waals surface area (Å²) in [6, 6.07) is 15.8. The van der Waals surface area contributed by atoms with Crippen LogP contribution < -0.4 is 5.32 Å². The molecule has 1 aliphatic rings. The zero-order valence-electron chi connectivity index (χ0n) is 16.4. The molecular weight excluding hydrogens is 336 g/mol. The third-order valence-electron chi connectivity index (χ3n) is 5.54. The zero-order chi connectivity index (χ0) is 19.4. The van der Waals surface area contributed by atoms with Crippen molar-refractivity contribution < 1.29 is 9.59 Å². The summed E-state index contributed by atoms with van der Waals surface area (Å²) in [4.78, 5) is 27.3. The number of aryl methyl sites for hydroxylation is 2. The van der Waals surface area contributed by atoms with Gasteiger partial charge in [-0.25, -0.2) is 0 Å². The molecule has 0 aliphatic carbocycles. The molecule has 1 fully saturated rings. The van der Waals surface area contributed by atoms with Gasteiger partial charge in [-0.1, -0.05) is 42.5 Å². The summed E-state index contributed by atoms with van der Waals surface area (Å²) in [6.07, 6.45) is 1.42. The lowest BCUT2D eigenvalue weighted by atomic mass is 9.94. The highest BCUT2D eigenvalue weighted by Gasteiger charge is 2.29. The number of carbonyl (C=O) groups is 2. The van der Waals surface area contributed by atoms with Crippen LogP contribution >= 0.6 is 0 Å². The molecule has 1 heterocycles. The Morgan fingerprint density at radius 1 is 0.963 bits per heavy atom. The van der Waals surface area contributed by atoms with Crippen LogP contribution in [0.15, 0.2) is 48.5 Å². The van der Waals surface area contributed by atoms with Crippen LogP contribution in [0.3, 0.4) is 0 Å². The SMILES string of the molecule is Cc1ccccc1C(=O)N1CCC(C(=O)NC(C)c2ccccc2C)CC1. The normalized spacial score (nSPS) is 16.0. The predicted molar refractivity (Wildman–Crippen MR) is 108 cm³/mol. The van der Waals surface area contributed by atoms with Crippen molar-refractivity contribution in [2.24, 2.45) is 5.92 Å². The van der Waals surface area contributed by atoms with Gasteiger partial charge < -0.3 is 10.2 Å². The van der Waals surface area contributed by atoms with Gasteiger partial charge in [0.25, 0.3) is 5.91 Å². The third kappa shape index (κ3) is 4.38. The molecule has 3 rings (SSSR count). The molecule has 1 aliphatic heterocycles. The van der Waals surface area contributed by atoms with Crippen molar-refractivity contribution in [3.63, 3.8) is 0 Å². The maximum atomic E-state index is 12.7. The molecule has 1 saturated heterocycles. The Morgan fingerprint density at radius 2 is 1.56 bits per heavy atom. The molecule has 142 valence electrons. The standard InChI is InChI=1S/C23H28N2O2/c1-16-8-4-6-10-20(16)18(3)24-22(26)19-12-14-25(15-13-19)23(27)21-11-7-5-9-17(21)2/h4-11,18-19H,12-15H2,1-3H3,(H,24,26). The molecule has 4 heteroatoms. The average molecular weight is 364 g/mol. The zero-order valence-corrected chi connectivity index (χ0v) is 16.4. The second kappa shape index (κ2) is 8.38. The van der Waals surface area contributed by atoms with Crippen LogP contribution in [0.4, 0.5) is 0 Å². The summed E-state index contributed by atoms with van der Waals surface area (Å²) < 4.78 is 0. The van der Waals surface area contributed by atoms with E-state index in [1.54, 1.807) is 0 Å². The Morgan fingerprint density at radius 3 is 2.19 bits per heavy atom. The molecule has 2 amide bonds. The second-order valence-electron chi connectivity index (χ2n) is 7.47. The minimum absolute atomic E-state index is 0.00895. The van der Waals surface area contributed by atoms with Gasteiger partial charge in [0.15, 0.2) is 0 Å². The number of hydrogen-bond acceptors (Lipinski definition) is 2. The average Bonchev–Trinajstić information content (AvgIpc) is 2.68. The number of piperidine rings is 1. The highest BCUT2D eigenvalue weighted by atomic mass is 16.2. The first-order valence-corrected chi connectivity index (χ1v) is 9.68. The lowest BCUT2D eigenvalue weighted by Gasteiger charge is -2.32. The summed E-state index contributed by atoms with van der Waals surface area (Å²) in [6.45, 7) is 7.30. The number of nitrogens with zero attached hydrogens (tertiary/aromatic N) is 1. The minimum Gasteiger partial charge on any atom is -0.349 e. The Bertz CT molecular complexity index is 823. The second-order valence-corrected chi connectivity index (χ2v) is 7.47. The largest absolute Gasteiger partial charge is 0.349 e. The molecule has 0 bridgehead atoms. The van der Waals surface area contributed by atoms with Gasteiger partial charge in [0.2, 0.25) is 5.91 Å². The van der Waals surface area contributed by atoms with Crippen LogP contribution in [-0.2, 0) is 4.79 Å². The van der Waals surface area contributed by atoms with Crippen molar-refractivity contribution in [1.29, 1.82) is 0 Å². The van der Waals surface area contributed by atoms with E-state index in [4.69, 9.17) is 0 Å². The molecule has 27 heavy (non-hydrogen) atoms. The molecule has 2 aromatic carbocycles. The van der Waals surface area contributed by atoms with Crippen molar-refractivity contribution in [1.82, 2.24) is 10.2 Å². The van der Waals surface area contributed by atoms with Crippen molar-refractivity contribution in [2.75, 3.05) is 13.1 Å². The summed E-state index contributed by atoms with van der Waals surface area (Å²) in [5, 5.41) is 3.15. The molecule has 2 aromatic rings. The van der Waals surface area contributed by atoms with Crippen LogP contribution in [0.5, 0.6) is 0 Å². The molecule has 0 spiro atoms. The number of benzene rings is 2. The topological polar surface area (TPSA) is 49.4 Å². The fourth-order valence-electron chi connectivity index (χ4n) is 3.81. The van der Waals surface area contributed by atoms with Gasteiger partial charge in [-0.05, 0) is 56.4 Å². The van der Waals surface area contributed by atoms with E-state index in [-0.39, 0.29) is 23.8 Å². The van der Waals surface area contributed by atoms with E-state index in [0.29, 0.717) is 25.9 Å². The predicted octanol–water partition coefficient (Wildman–Crippen LogP) is 4.03.